The fraction of sp³-hybridized carbons (Fsp3) is 0.459. The number of rotatable bonds is 12. The fourth-order valence-corrected chi connectivity index (χ4v) is 7.63. The zero-order valence-electron chi connectivity index (χ0n) is 29.4. The number of aromatic nitrogens is 5. The van der Waals surface area contributed by atoms with Crippen LogP contribution in [0.1, 0.15) is 55.8 Å². The van der Waals surface area contributed by atoms with Gasteiger partial charge in [-0.25, -0.2) is 19.1 Å². The molecule has 2 aromatic carbocycles. The summed E-state index contributed by atoms with van der Waals surface area (Å²) in [5.74, 6) is 1.80. The van der Waals surface area contributed by atoms with Gasteiger partial charge < -0.3 is 64.4 Å². The van der Waals surface area contributed by atoms with E-state index in [1.54, 1.807) is 12.3 Å². The highest BCUT2D eigenvalue weighted by Gasteiger charge is 2.40. The number of fused-ring (bicyclic) bond motifs is 2. The van der Waals surface area contributed by atoms with Crippen molar-refractivity contribution in [3.05, 3.63) is 77.7 Å². The van der Waals surface area contributed by atoms with Crippen molar-refractivity contribution in [3.8, 4) is 0 Å². The van der Waals surface area contributed by atoms with E-state index in [-0.39, 0.29) is 49.5 Å². The predicted octanol–water partition coefficient (Wildman–Crippen LogP) is -0.635. The topological polar surface area (TPSA) is 179 Å². The maximum absolute atomic E-state index is 12.4. The van der Waals surface area contributed by atoms with E-state index < -0.39 is 30.7 Å². The summed E-state index contributed by atoms with van der Waals surface area (Å²) in [6.45, 7) is 7.70. The van der Waals surface area contributed by atoms with Crippen LogP contribution in [0.2, 0.25) is 0 Å². The lowest BCUT2D eigenvalue weighted by molar-refractivity contribution is -0.676. The van der Waals surface area contributed by atoms with Gasteiger partial charge in [0.2, 0.25) is 6.41 Å². The smallest absolute Gasteiger partial charge is 0.277 e. The standard InChI is InChI=1S/C37H47N8O6.HI/c1-3-44-27-11-10-25(18-28(27)45(4-2)31(44)20-43(22-46)36-34(38)41-35-26(40-36)12-15-39-35)23-13-16-42(17-14-23)19-29(47)32(49)33-30(48)21-50-37(51-33)24-8-6-5-7-9-24;/h5-12,15,18,22-23,29-30,32-33,37,47-49H,3-4,13-14,16-17,19-21H2,1-2H3,(H3,38,39,41);1H/q+1;/p-1/t29-,30+,32+,33+,37?;/m0./s1. The largest absolute Gasteiger partial charge is 1.00 e. The number of nitrogen functional groups attached to an aromatic ring is 1. The van der Waals surface area contributed by atoms with E-state index in [4.69, 9.17) is 15.2 Å². The van der Waals surface area contributed by atoms with Gasteiger partial charge in [0, 0.05) is 18.3 Å². The molecular weight excluding hydrogens is 779 g/mol. The molecule has 5 heterocycles. The number of anilines is 2. The summed E-state index contributed by atoms with van der Waals surface area (Å²) in [7, 11) is 0. The van der Waals surface area contributed by atoms with Crippen LogP contribution in [0.5, 0.6) is 0 Å². The van der Waals surface area contributed by atoms with Gasteiger partial charge in [-0.2, -0.15) is 0 Å². The van der Waals surface area contributed by atoms with Crippen molar-refractivity contribution in [1.29, 1.82) is 0 Å². The molecule has 15 heteroatoms. The molecule has 6 N–H and O–H groups in total. The average molecular weight is 827 g/mol. The summed E-state index contributed by atoms with van der Waals surface area (Å²) in [5.41, 5.74) is 11.7. The Hall–Kier alpha value is -3.71. The zero-order chi connectivity index (χ0) is 35.6. The van der Waals surface area contributed by atoms with E-state index in [9.17, 15) is 20.1 Å². The maximum atomic E-state index is 12.4. The molecule has 1 unspecified atom stereocenters. The van der Waals surface area contributed by atoms with Crippen molar-refractivity contribution in [3.63, 3.8) is 0 Å². The molecule has 2 aliphatic heterocycles. The Morgan fingerprint density at radius 2 is 1.87 bits per heavy atom. The van der Waals surface area contributed by atoms with Crippen LogP contribution in [0.25, 0.3) is 22.2 Å². The van der Waals surface area contributed by atoms with Crippen molar-refractivity contribution in [2.45, 2.75) is 82.9 Å². The number of halogens is 1. The van der Waals surface area contributed by atoms with E-state index in [2.05, 4.69) is 61.0 Å². The van der Waals surface area contributed by atoms with Gasteiger partial charge in [-0.3, -0.25) is 9.69 Å². The van der Waals surface area contributed by atoms with Gasteiger partial charge in [-0.15, -0.1) is 0 Å². The second-order valence-corrected chi connectivity index (χ2v) is 13.4. The van der Waals surface area contributed by atoms with Crippen molar-refractivity contribution in [1.82, 2.24) is 24.4 Å². The molecule has 2 saturated heterocycles. The number of aryl methyl sites for hydroxylation is 2. The highest BCUT2D eigenvalue weighted by Crippen LogP contribution is 2.32. The molecule has 2 aliphatic rings. The van der Waals surface area contributed by atoms with Crippen LogP contribution in [0, 0.1) is 0 Å². The van der Waals surface area contributed by atoms with Crippen LogP contribution in [0.4, 0.5) is 11.6 Å². The maximum Gasteiger partial charge on any atom is 0.277 e. The summed E-state index contributed by atoms with van der Waals surface area (Å²) < 4.78 is 16.1. The minimum Gasteiger partial charge on any atom is -1.00 e. The Labute approximate surface area is 319 Å². The summed E-state index contributed by atoms with van der Waals surface area (Å²) in [5, 5.41) is 32.6. The highest BCUT2D eigenvalue weighted by molar-refractivity contribution is 5.84. The number of imidazole rings is 1. The number of hydrogen-bond acceptors (Lipinski definition) is 10. The number of β-amino-alcohol motifs (C(OH)–C–C–N with tert-alkyl or cyclic N) is 1. The number of H-pyrrole nitrogens is 1. The van der Waals surface area contributed by atoms with Crippen molar-refractivity contribution >= 4 is 40.2 Å². The molecule has 2 fully saturated rings. The number of hydrogen-bond donors (Lipinski definition) is 5. The third kappa shape index (κ3) is 7.53. The lowest BCUT2D eigenvalue weighted by atomic mass is 9.89. The first kappa shape index (κ1) is 38.0. The number of benzene rings is 2. The number of nitrogens with zero attached hydrogens (tertiary/aromatic N) is 6. The van der Waals surface area contributed by atoms with Gasteiger partial charge in [0.1, 0.15) is 30.4 Å². The van der Waals surface area contributed by atoms with E-state index in [0.717, 1.165) is 61.3 Å². The number of aliphatic hydroxyl groups is 3. The van der Waals surface area contributed by atoms with Crippen molar-refractivity contribution < 1.29 is 58.1 Å². The van der Waals surface area contributed by atoms with Gasteiger partial charge >= 0.3 is 0 Å². The SMILES string of the molecule is CCn1c(CN(C=O)c2nc3cc[nH]c3nc2N)[n+](CC)c2ccc(C3CCN(C[C@H](O)[C@@H](O)[C@@H]4OC(c5ccccc5)OC[C@H]4O)CC3)cc21.[I-]. The molecule has 0 spiro atoms. The molecular formula is C37H47IN8O6. The molecule has 0 bridgehead atoms. The fourth-order valence-electron chi connectivity index (χ4n) is 7.63. The van der Waals surface area contributed by atoms with Crippen LogP contribution < -0.4 is 39.2 Å². The lowest BCUT2D eigenvalue weighted by Crippen LogP contribution is -3.00. The van der Waals surface area contributed by atoms with Gasteiger partial charge in [-0.1, -0.05) is 36.4 Å². The number of aromatic amines is 1. The summed E-state index contributed by atoms with van der Waals surface area (Å²) in [6, 6.07) is 17.8. The Bertz CT molecular complexity index is 1970. The number of piperidine rings is 1. The minimum absolute atomic E-state index is 0. The monoisotopic (exact) mass is 826 g/mol. The Kier molecular flexibility index (Phi) is 12.1. The second-order valence-electron chi connectivity index (χ2n) is 13.4. The van der Waals surface area contributed by atoms with Crippen molar-refractivity contribution in [2.75, 3.05) is 36.9 Å². The normalized spacial score (nSPS) is 21.2. The first-order valence-corrected chi connectivity index (χ1v) is 17.8. The predicted molar refractivity (Wildman–Crippen MR) is 190 cm³/mol. The molecule has 5 atom stereocenters. The molecule has 3 aromatic heterocycles. The zero-order valence-corrected chi connectivity index (χ0v) is 31.5. The average Bonchev–Trinajstić information content (AvgIpc) is 3.74. The third-order valence-corrected chi connectivity index (χ3v) is 10.3. The molecule has 0 saturated carbocycles. The number of nitrogens with one attached hydrogen (secondary N) is 1. The quantitative estimate of drug-likeness (QED) is 0.0618. The molecule has 1 amide bonds. The Morgan fingerprint density at radius 3 is 2.58 bits per heavy atom. The van der Waals surface area contributed by atoms with Gasteiger partial charge in [0.25, 0.3) is 5.82 Å². The first-order valence-electron chi connectivity index (χ1n) is 17.8. The molecule has 7 rings (SSSR count). The minimum atomic E-state index is -1.27. The van der Waals surface area contributed by atoms with Gasteiger partial charge in [0.15, 0.2) is 34.6 Å². The number of ether oxygens (including phenoxy) is 2. The number of likely N-dealkylation sites (tertiary alicyclic amines) is 1. The summed E-state index contributed by atoms with van der Waals surface area (Å²) in [6.07, 6.45) is -0.821. The van der Waals surface area contributed by atoms with E-state index in [1.165, 1.54) is 10.5 Å². The number of amides is 1. The van der Waals surface area contributed by atoms with E-state index in [1.807, 2.05) is 30.3 Å². The molecule has 0 aliphatic carbocycles. The Morgan fingerprint density at radius 1 is 1.10 bits per heavy atom. The van der Waals surface area contributed by atoms with E-state index >= 15 is 0 Å². The van der Waals surface area contributed by atoms with Crippen LogP contribution in [0.15, 0.2) is 60.8 Å². The summed E-state index contributed by atoms with van der Waals surface area (Å²) in [4.78, 5) is 28.1. The van der Waals surface area contributed by atoms with Crippen LogP contribution in [0.3, 0.4) is 0 Å². The number of aliphatic hydroxyl groups excluding tert-OH is 3. The molecule has 0 radical (unpaired) electrons. The third-order valence-electron chi connectivity index (χ3n) is 10.3. The second kappa shape index (κ2) is 16.5. The van der Waals surface area contributed by atoms with Gasteiger partial charge in [0.05, 0.1) is 25.8 Å². The lowest BCUT2D eigenvalue weighted by Gasteiger charge is -2.39. The van der Waals surface area contributed by atoms with Crippen LogP contribution in [-0.2, 0) is 33.9 Å². The molecule has 14 nitrogen and oxygen atoms in total. The van der Waals surface area contributed by atoms with E-state index in [0.29, 0.717) is 29.4 Å². The number of carbonyl (C=O) groups excluding carboxylic acids is 1. The molecule has 278 valence electrons. The molecule has 5 aromatic rings. The highest BCUT2D eigenvalue weighted by atomic mass is 127. The van der Waals surface area contributed by atoms with Crippen LogP contribution in [-0.4, -0.2) is 96.8 Å². The Balaban J connectivity index is 0.00000464. The van der Waals surface area contributed by atoms with Crippen LogP contribution >= 0.6 is 0 Å². The van der Waals surface area contributed by atoms with Gasteiger partial charge in [-0.05, 0) is 69.5 Å². The number of nitrogens with two attached hydrogens (primary N) is 1. The molecule has 52 heavy (non-hydrogen) atoms. The number of carbonyl (C=O) groups is 1. The summed E-state index contributed by atoms with van der Waals surface area (Å²) >= 11 is 0. The first-order chi connectivity index (χ1) is 24.8. The van der Waals surface area contributed by atoms with Crippen molar-refractivity contribution in [2.24, 2.45) is 0 Å².